The molecule has 106 valence electrons. The highest BCUT2D eigenvalue weighted by Crippen LogP contribution is 2.31. The van der Waals surface area contributed by atoms with Crippen molar-refractivity contribution in [3.05, 3.63) is 0 Å². The van der Waals surface area contributed by atoms with Gasteiger partial charge in [0, 0.05) is 19.3 Å². The maximum absolute atomic E-state index is 5.48. The lowest BCUT2D eigenvalue weighted by molar-refractivity contribution is 0.0572. The third-order valence-electron chi connectivity index (χ3n) is 4.72. The molecule has 0 spiro atoms. The zero-order chi connectivity index (χ0) is 12.6. The summed E-state index contributed by atoms with van der Waals surface area (Å²) in [5.74, 6) is 1.93. The van der Waals surface area contributed by atoms with E-state index in [-0.39, 0.29) is 0 Å². The van der Waals surface area contributed by atoms with Gasteiger partial charge in [0.1, 0.15) is 0 Å². The van der Waals surface area contributed by atoms with Gasteiger partial charge in [-0.15, -0.1) is 0 Å². The van der Waals surface area contributed by atoms with Crippen molar-refractivity contribution < 1.29 is 4.74 Å². The molecule has 2 fully saturated rings. The summed E-state index contributed by atoms with van der Waals surface area (Å²) >= 11 is 0. The lowest BCUT2D eigenvalue weighted by atomic mass is 9.84. The summed E-state index contributed by atoms with van der Waals surface area (Å²) in [7, 11) is 0. The molecule has 0 amide bonds. The molecule has 2 atom stereocenters. The van der Waals surface area contributed by atoms with E-state index in [1.165, 1.54) is 64.3 Å². The van der Waals surface area contributed by atoms with Gasteiger partial charge >= 0.3 is 0 Å². The number of hydrogen-bond acceptors (Lipinski definition) is 2. The normalized spacial score (nSPS) is 31.2. The summed E-state index contributed by atoms with van der Waals surface area (Å²) in [5.41, 5.74) is 0. The van der Waals surface area contributed by atoms with E-state index in [0.717, 1.165) is 31.1 Å². The van der Waals surface area contributed by atoms with Crippen molar-refractivity contribution in [1.29, 1.82) is 0 Å². The molecule has 18 heavy (non-hydrogen) atoms. The van der Waals surface area contributed by atoms with E-state index in [1.54, 1.807) is 0 Å². The van der Waals surface area contributed by atoms with E-state index >= 15 is 0 Å². The highest BCUT2D eigenvalue weighted by atomic mass is 16.5. The molecule has 0 aromatic heterocycles. The van der Waals surface area contributed by atoms with Gasteiger partial charge in [-0.25, -0.2) is 0 Å². The molecule has 1 saturated carbocycles. The van der Waals surface area contributed by atoms with Crippen LogP contribution in [0.25, 0.3) is 0 Å². The minimum atomic E-state index is 0.803. The van der Waals surface area contributed by atoms with Crippen LogP contribution in [0, 0.1) is 11.8 Å². The summed E-state index contributed by atoms with van der Waals surface area (Å²) in [4.78, 5) is 0. The molecule has 2 unspecified atom stereocenters. The van der Waals surface area contributed by atoms with Crippen LogP contribution in [-0.4, -0.2) is 25.8 Å². The van der Waals surface area contributed by atoms with E-state index < -0.39 is 0 Å². The van der Waals surface area contributed by atoms with Gasteiger partial charge in [-0.1, -0.05) is 26.2 Å². The van der Waals surface area contributed by atoms with Crippen molar-refractivity contribution in [3.8, 4) is 0 Å². The fraction of sp³-hybridized carbons (Fsp3) is 1.00. The first-order valence-electron chi connectivity index (χ1n) is 8.19. The molecule has 0 radical (unpaired) electrons. The van der Waals surface area contributed by atoms with Crippen LogP contribution in [-0.2, 0) is 4.74 Å². The summed E-state index contributed by atoms with van der Waals surface area (Å²) < 4.78 is 5.48. The van der Waals surface area contributed by atoms with Gasteiger partial charge in [-0.2, -0.15) is 0 Å². The summed E-state index contributed by atoms with van der Waals surface area (Å²) in [6, 6.07) is 0.803. The summed E-state index contributed by atoms with van der Waals surface area (Å²) in [6.07, 6.45) is 12.6. The monoisotopic (exact) mass is 253 g/mol. The van der Waals surface area contributed by atoms with E-state index in [4.69, 9.17) is 4.74 Å². The van der Waals surface area contributed by atoms with Crippen molar-refractivity contribution in [1.82, 2.24) is 5.32 Å². The highest BCUT2D eigenvalue weighted by Gasteiger charge is 2.23. The Morgan fingerprint density at radius 1 is 1.00 bits per heavy atom. The van der Waals surface area contributed by atoms with E-state index in [0.29, 0.717) is 0 Å². The van der Waals surface area contributed by atoms with Crippen LogP contribution in [0.5, 0.6) is 0 Å². The predicted molar refractivity (Wildman–Crippen MR) is 76.8 cm³/mol. The van der Waals surface area contributed by atoms with Crippen LogP contribution in [0.15, 0.2) is 0 Å². The molecule has 1 aliphatic carbocycles. The zero-order valence-corrected chi connectivity index (χ0v) is 12.1. The van der Waals surface area contributed by atoms with Gasteiger partial charge in [-0.3, -0.25) is 0 Å². The van der Waals surface area contributed by atoms with Crippen LogP contribution < -0.4 is 5.32 Å². The second kappa shape index (κ2) is 8.16. The third-order valence-corrected chi connectivity index (χ3v) is 4.72. The molecule has 1 heterocycles. The van der Waals surface area contributed by atoms with Crippen molar-refractivity contribution in [2.75, 3.05) is 19.8 Å². The zero-order valence-electron chi connectivity index (χ0n) is 12.1. The quantitative estimate of drug-likeness (QED) is 0.753. The average molecular weight is 253 g/mol. The number of nitrogens with one attached hydrogen (secondary N) is 1. The number of rotatable bonds is 5. The number of hydrogen-bond donors (Lipinski definition) is 1. The summed E-state index contributed by atoms with van der Waals surface area (Å²) in [5, 5.41) is 3.75. The Hall–Kier alpha value is -0.0800. The highest BCUT2D eigenvalue weighted by molar-refractivity contribution is 4.78. The molecule has 1 saturated heterocycles. The molecule has 2 heteroatoms. The van der Waals surface area contributed by atoms with Crippen LogP contribution in [0.2, 0.25) is 0 Å². The van der Waals surface area contributed by atoms with Crippen LogP contribution in [0.4, 0.5) is 0 Å². The second-order valence-electron chi connectivity index (χ2n) is 6.33. The minimum Gasteiger partial charge on any atom is -0.381 e. The lowest BCUT2D eigenvalue weighted by Gasteiger charge is -2.28. The third kappa shape index (κ3) is 4.89. The summed E-state index contributed by atoms with van der Waals surface area (Å²) in [6.45, 7) is 5.49. The van der Waals surface area contributed by atoms with E-state index in [2.05, 4.69) is 12.2 Å². The van der Waals surface area contributed by atoms with Crippen molar-refractivity contribution in [2.45, 2.75) is 70.8 Å². The van der Waals surface area contributed by atoms with Crippen LogP contribution >= 0.6 is 0 Å². The molecule has 0 bridgehead atoms. The first-order valence-corrected chi connectivity index (χ1v) is 8.19. The SMILES string of the molecule is CCCNC1CCCCC(CC2CCOCC2)C1. The van der Waals surface area contributed by atoms with E-state index in [9.17, 15) is 0 Å². The molecule has 0 aromatic rings. The lowest BCUT2D eigenvalue weighted by Crippen LogP contribution is -2.31. The molecule has 2 aliphatic rings. The van der Waals surface area contributed by atoms with Gasteiger partial charge in [0.2, 0.25) is 0 Å². The largest absolute Gasteiger partial charge is 0.381 e. The van der Waals surface area contributed by atoms with Crippen molar-refractivity contribution in [3.63, 3.8) is 0 Å². The maximum Gasteiger partial charge on any atom is 0.0468 e. The Labute approximate surface area is 113 Å². The standard InChI is InChI=1S/C16H31NO/c1-2-9-17-16-6-4-3-5-15(13-16)12-14-7-10-18-11-8-14/h14-17H,2-13H2,1H3. The molecular formula is C16H31NO. The first kappa shape index (κ1) is 14.3. The van der Waals surface area contributed by atoms with Gasteiger partial charge in [0.15, 0.2) is 0 Å². The molecule has 2 rings (SSSR count). The van der Waals surface area contributed by atoms with Gasteiger partial charge in [0.05, 0.1) is 0 Å². The Morgan fingerprint density at radius 2 is 1.78 bits per heavy atom. The van der Waals surface area contributed by atoms with Crippen LogP contribution in [0.1, 0.15) is 64.7 Å². The Bertz CT molecular complexity index is 213. The second-order valence-corrected chi connectivity index (χ2v) is 6.33. The average Bonchev–Trinajstić information content (AvgIpc) is 2.63. The van der Waals surface area contributed by atoms with Crippen molar-refractivity contribution in [2.24, 2.45) is 11.8 Å². The maximum atomic E-state index is 5.48. The first-order chi connectivity index (χ1) is 8.88. The van der Waals surface area contributed by atoms with Crippen molar-refractivity contribution >= 4 is 0 Å². The smallest absolute Gasteiger partial charge is 0.0468 e. The predicted octanol–water partition coefficient (Wildman–Crippen LogP) is 3.75. The fourth-order valence-corrected chi connectivity index (χ4v) is 3.66. The van der Waals surface area contributed by atoms with E-state index in [1.807, 2.05) is 0 Å². The Morgan fingerprint density at radius 3 is 2.56 bits per heavy atom. The van der Waals surface area contributed by atoms with Crippen LogP contribution in [0.3, 0.4) is 0 Å². The van der Waals surface area contributed by atoms with Gasteiger partial charge in [-0.05, 0) is 56.9 Å². The Kier molecular flexibility index (Phi) is 6.50. The molecule has 1 aliphatic heterocycles. The topological polar surface area (TPSA) is 21.3 Å². The van der Waals surface area contributed by atoms with Gasteiger partial charge < -0.3 is 10.1 Å². The Balaban J connectivity index is 1.75. The van der Waals surface area contributed by atoms with Gasteiger partial charge in [0.25, 0.3) is 0 Å². The number of ether oxygens (including phenoxy) is 1. The molecule has 1 N–H and O–H groups in total. The minimum absolute atomic E-state index is 0.803. The molecular weight excluding hydrogens is 222 g/mol. The fourth-order valence-electron chi connectivity index (χ4n) is 3.66. The molecule has 2 nitrogen and oxygen atoms in total. The molecule has 0 aromatic carbocycles.